The van der Waals surface area contributed by atoms with Crippen LogP contribution in [0.5, 0.6) is 5.75 Å². The third-order valence-electron chi connectivity index (χ3n) is 2.54. The first-order chi connectivity index (χ1) is 6.86. The minimum absolute atomic E-state index is 0.168. The Bertz CT molecular complexity index is 325. The van der Waals surface area contributed by atoms with Crippen molar-refractivity contribution < 1.29 is 9.57 Å². The molecule has 14 heavy (non-hydrogen) atoms. The molecule has 1 unspecified atom stereocenters. The van der Waals surface area contributed by atoms with E-state index in [9.17, 15) is 0 Å². The molecule has 0 radical (unpaired) electrons. The smallest absolute Gasteiger partial charge is 0.127 e. The Balaban J connectivity index is 2.31. The third-order valence-corrected chi connectivity index (χ3v) is 2.54. The Morgan fingerprint density at radius 2 is 2.43 bits per heavy atom. The molecule has 1 aliphatic heterocycles. The predicted molar refractivity (Wildman–Crippen MR) is 54.2 cm³/mol. The van der Waals surface area contributed by atoms with Crippen molar-refractivity contribution in [3.05, 3.63) is 29.3 Å². The first-order valence-corrected chi connectivity index (χ1v) is 4.90. The van der Waals surface area contributed by atoms with E-state index >= 15 is 0 Å². The second-order valence-corrected chi connectivity index (χ2v) is 3.37. The van der Waals surface area contributed by atoms with E-state index in [1.807, 2.05) is 0 Å². The molecular weight excluding hydrogens is 178 g/mol. The van der Waals surface area contributed by atoms with E-state index in [0.717, 1.165) is 12.2 Å². The summed E-state index contributed by atoms with van der Waals surface area (Å²) in [6.07, 6.45) is 1.00. The molecule has 2 rings (SSSR count). The van der Waals surface area contributed by atoms with Gasteiger partial charge in [-0.2, -0.15) is 5.48 Å². The summed E-state index contributed by atoms with van der Waals surface area (Å²) in [7, 11) is 1.63. The molecule has 0 bridgehead atoms. The van der Waals surface area contributed by atoms with Gasteiger partial charge in [-0.05, 0) is 12.0 Å². The Hall–Kier alpha value is -1.06. The maximum atomic E-state index is 5.64. The van der Waals surface area contributed by atoms with Gasteiger partial charge in [0.1, 0.15) is 12.4 Å². The fraction of sp³-hybridized carbons (Fsp3) is 0.455. The van der Waals surface area contributed by atoms with Gasteiger partial charge in [0.05, 0.1) is 13.2 Å². The Labute approximate surface area is 84.0 Å². The topological polar surface area (TPSA) is 30.5 Å². The molecule has 0 spiro atoms. The van der Waals surface area contributed by atoms with Gasteiger partial charge in [-0.25, -0.2) is 0 Å². The first kappa shape index (κ1) is 9.49. The molecule has 0 aliphatic carbocycles. The summed E-state index contributed by atoms with van der Waals surface area (Å²) >= 11 is 0. The summed E-state index contributed by atoms with van der Waals surface area (Å²) in [6, 6.07) is 6.42. The van der Waals surface area contributed by atoms with Crippen LogP contribution in [-0.2, 0) is 11.3 Å². The van der Waals surface area contributed by atoms with E-state index in [0.29, 0.717) is 6.61 Å². The van der Waals surface area contributed by atoms with Crippen molar-refractivity contribution in [3.8, 4) is 5.75 Å². The van der Waals surface area contributed by atoms with Crippen molar-refractivity contribution in [2.24, 2.45) is 0 Å². The number of hydrogen-bond acceptors (Lipinski definition) is 3. The molecule has 3 nitrogen and oxygen atoms in total. The number of aryl methyl sites for hydroxylation is 1. The SMILES string of the molecule is CCc1cccc2c1OCC2NOC. The van der Waals surface area contributed by atoms with Crippen LogP contribution in [0.25, 0.3) is 0 Å². The van der Waals surface area contributed by atoms with E-state index in [4.69, 9.17) is 9.57 Å². The third kappa shape index (κ3) is 1.49. The monoisotopic (exact) mass is 193 g/mol. The lowest BCUT2D eigenvalue weighted by Gasteiger charge is -2.08. The van der Waals surface area contributed by atoms with Gasteiger partial charge in [0, 0.05) is 5.56 Å². The number of hydroxylamine groups is 1. The van der Waals surface area contributed by atoms with Crippen LogP contribution in [0.1, 0.15) is 24.1 Å². The van der Waals surface area contributed by atoms with Crippen molar-refractivity contribution in [2.75, 3.05) is 13.7 Å². The van der Waals surface area contributed by atoms with Gasteiger partial charge in [-0.1, -0.05) is 25.1 Å². The lowest BCUT2D eigenvalue weighted by atomic mass is 10.0. The van der Waals surface area contributed by atoms with Crippen molar-refractivity contribution in [3.63, 3.8) is 0 Å². The average molecular weight is 193 g/mol. The fourth-order valence-electron chi connectivity index (χ4n) is 1.83. The van der Waals surface area contributed by atoms with E-state index in [2.05, 4.69) is 30.6 Å². The second-order valence-electron chi connectivity index (χ2n) is 3.37. The Kier molecular flexibility index (Phi) is 2.70. The maximum Gasteiger partial charge on any atom is 0.127 e. The summed E-state index contributed by atoms with van der Waals surface area (Å²) in [6.45, 7) is 2.79. The highest BCUT2D eigenvalue weighted by Crippen LogP contribution is 2.35. The van der Waals surface area contributed by atoms with Crippen LogP contribution in [0, 0.1) is 0 Å². The number of rotatable bonds is 3. The molecule has 3 heteroatoms. The molecule has 0 saturated heterocycles. The van der Waals surface area contributed by atoms with E-state index in [1.165, 1.54) is 11.1 Å². The molecule has 0 fully saturated rings. The minimum atomic E-state index is 0.168. The molecule has 1 atom stereocenters. The van der Waals surface area contributed by atoms with Gasteiger partial charge in [-0.15, -0.1) is 0 Å². The van der Waals surface area contributed by atoms with Crippen LogP contribution in [-0.4, -0.2) is 13.7 Å². The lowest BCUT2D eigenvalue weighted by molar-refractivity contribution is 0.0535. The zero-order chi connectivity index (χ0) is 9.97. The molecule has 1 aromatic rings. The van der Waals surface area contributed by atoms with E-state index < -0.39 is 0 Å². The summed E-state index contributed by atoms with van der Waals surface area (Å²) < 4.78 is 5.64. The summed E-state index contributed by atoms with van der Waals surface area (Å²) in [5, 5.41) is 0. The maximum absolute atomic E-state index is 5.64. The fourth-order valence-corrected chi connectivity index (χ4v) is 1.83. The molecule has 1 heterocycles. The van der Waals surface area contributed by atoms with Crippen LogP contribution >= 0.6 is 0 Å². The summed E-state index contributed by atoms with van der Waals surface area (Å²) in [4.78, 5) is 4.93. The number of hydrogen-bond donors (Lipinski definition) is 1. The highest BCUT2D eigenvalue weighted by molar-refractivity contribution is 5.45. The van der Waals surface area contributed by atoms with Crippen LogP contribution < -0.4 is 10.2 Å². The quantitative estimate of drug-likeness (QED) is 0.743. The first-order valence-electron chi connectivity index (χ1n) is 4.90. The van der Waals surface area contributed by atoms with Crippen LogP contribution in [0.3, 0.4) is 0 Å². The van der Waals surface area contributed by atoms with Gasteiger partial charge in [0.2, 0.25) is 0 Å². The number of ether oxygens (including phenoxy) is 1. The van der Waals surface area contributed by atoms with Crippen molar-refractivity contribution in [1.29, 1.82) is 0 Å². The van der Waals surface area contributed by atoms with Crippen LogP contribution in [0.15, 0.2) is 18.2 Å². The summed E-state index contributed by atoms with van der Waals surface area (Å²) in [5.74, 6) is 1.03. The van der Waals surface area contributed by atoms with Crippen molar-refractivity contribution >= 4 is 0 Å². The zero-order valence-electron chi connectivity index (χ0n) is 8.54. The molecule has 76 valence electrons. The molecule has 0 aromatic heterocycles. The summed E-state index contributed by atoms with van der Waals surface area (Å²) in [5.41, 5.74) is 5.39. The zero-order valence-corrected chi connectivity index (χ0v) is 8.54. The standard InChI is InChI=1S/C11H15NO2/c1-3-8-5-4-6-9-10(12-13-2)7-14-11(8)9/h4-6,10,12H,3,7H2,1-2H3. The largest absolute Gasteiger partial charge is 0.491 e. The minimum Gasteiger partial charge on any atom is -0.491 e. The second kappa shape index (κ2) is 3.98. The van der Waals surface area contributed by atoms with Gasteiger partial charge in [0.15, 0.2) is 0 Å². The van der Waals surface area contributed by atoms with Crippen molar-refractivity contribution in [1.82, 2.24) is 5.48 Å². The molecule has 1 aliphatic rings. The molecular formula is C11H15NO2. The normalized spacial score (nSPS) is 19.1. The average Bonchev–Trinajstić information content (AvgIpc) is 2.62. The Morgan fingerprint density at radius 1 is 1.57 bits per heavy atom. The Morgan fingerprint density at radius 3 is 3.14 bits per heavy atom. The molecule has 0 amide bonds. The van der Waals surface area contributed by atoms with Gasteiger partial charge < -0.3 is 9.57 Å². The highest BCUT2D eigenvalue weighted by Gasteiger charge is 2.25. The molecule has 1 aromatic carbocycles. The van der Waals surface area contributed by atoms with Gasteiger partial charge >= 0.3 is 0 Å². The van der Waals surface area contributed by atoms with E-state index in [-0.39, 0.29) is 6.04 Å². The number of fused-ring (bicyclic) bond motifs is 1. The number of nitrogens with one attached hydrogen (secondary N) is 1. The molecule has 0 saturated carbocycles. The predicted octanol–water partition coefficient (Wildman–Crippen LogP) is 1.83. The highest BCUT2D eigenvalue weighted by atomic mass is 16.6. The van der Waals surface area contributed by atoms with Gasteiger partial charge in [-0.3, -0.25) is 0 Å². The lowest BCUT2D eigenvalue weighted by Crippen LogP contribution is -2.20. The van der Waals surface area contributed by atoms with E-state index in [1.54, 1.807) is 7.11 Å². The van der Waals surface area contributed by atoms with Crippen LogP contribution in [0.4, 0.5) is 0 Å². The van der Waals surface area contributed by atoms with Crippen LogP contribution in [0.2, 0.25) is 0 Å². The number of para-hydroxylation sites is 1. The molecule has 1 N–H and O–H groups in total. The van der Waals surface area contributed by atoms with Gasteiger partial charge in [0.25, 0.3) is 0 Å². The van der Waals surface area contributed by atoms with Crippen molar-refractivity contribution in [2.45, 2.75) is 19.4 Å². The number of benzene rings is 1.